The molecule has 0 aliphatic heterocycles. The van der Waals surface area contributed by atoms with Crippen molar-refractivity contribution in [2.24, 2.45) is 5.73 Å². The van der Waals surface area contributed by atoms with E-state index in [0.29, 0.717) is 5.75 Å². The van der Waals surface area contributed by atoms with Gasteiger partial charge in [-0.15, -0.1) is 11.3 Å². The number of nitrogens with two attached hydrogens (primary N) is 1. The number of hydrogen-bond donors (Lipinski definition) is 2. The number of carboxylic acids is 1. The number of rotatable bonds is 4. The number of thiophene rings is 1. The fourth-order valence-corrected chi connectivity index (χ4v) is 1.33. The molecule has 1 aromatic rings. The van der Waals surface area contributed by atoms with Gasteiger partial charge in [0.15, 0.2) is 6.61 Å². The van der Waals surface area contributed by atoms with Crippen LogP contribution in [0.25, 0.3) is 0 Å². The van der Waals surface area contributed by atoms with E-state index < -0.39 is 11.9 Å². The fourth-order valence-electron chi connectivity index (χ4n) is 0.661. The molecule has 0 bridgehead atoms. The second-order valence-electron chi connectivity index (χ2n) is 2.21. The van der Waals surface area contributed by atoms with Crippen LogP contribution < -0.4 is 10.5 Å². The van der Waals surface area contributed by atoms with E-state index in [4.69, 9.17) is 15.6 Å². The maximum atomic E-state index is 10.4. The zero-order valence-electron chi connectivity index (χ0n) is 6.52. The smallest absolute Gasteiger partial charge is 0.346 e. The third kappa shape index (κ3) is 2.75. The van der Waals surface area contributed by atoms with Crippen molar-refractivity contribution < 1.29 is 19.4 Å². The minimum Gasteiger partial charge on any atom is -0.483 e. The van der Waals surface area contributed by atoms with Crippen LogP contribution in [-0.4, -0.2) is 23.6 Å². The zero-order valence-corrected chi connectivity index (χ0v) is 7.34. The molecule has 5 nitrogen and oxygen atoms in total. The molecule has 1 amide bonds. The Bertz CT molecular complexity index is 333. The largest absolute Gasteiger partial charge is 0.483 e. The number of ether oxygens (including phenoxy) is 1. The number of aromatic carboxylic acids is 1. The van der Waals surface area contributed by atoms with Crippen LogP contribution in [-0.2, 0) is 4.79 Å². The number of carbonyl (C=O) groups excluding carboxylic acids is 1. The molecule has 1 rings (SSSR count). The fraction of sp³-hybridized carbons (Fsp3) is 0.143. The van der Waals surface area contributed by atoms with Crippen molar-refractivity contribution in [1.29, 1.82) is 0 Å². The van der Waals surface area contributed by atoms with Gasteiger partial charge in [0.25, 0.3) is 5.91 Å². The minimum absolute atomic E-state index is 0.166. The summed E-state index contributed by atoms with van der Waals surface area (Å²) in [6.07, 6.45) is 0. The SMILES string of the molecule is NC(=O)COc1csc(C(=O)O)c1. The van der Waals surface area contributed by atoms with E-state index in [1.165, 1.54) is 11.4 Å². The van der Waals surface area contributed by atoms with Crippen LogP contribution in [0.4, 0.5) is 0 Å². The van der Waals surface area contributed by atoms with E-state index in [2.05, 4.69) is 0 Å². The lowest BCUT2D eigenvalue weighted by atomic mass is 10.4. The molecule has 0 aromatic carbocycles. The molecule has 0 aliphatic carbocycles. The Balaban J connectivity index is 2.59. The van der Waals surface area contributed by atoms with E-state index in [0.717, 1.165) is 11.3 Å². The minimum atomic E-state index is -1.01. The molecule has 0 radical (unpaired) electrons. The van der Waals surface area contributed by atoms with Gasteiger partial charge in [0.1, 0.15) is 10.6 Å². The van der Waals surface area contributed by atoms with E-state index in [-0.39, 0.29) is 11.5 Å². The number of primary amides is 1. The van der Waals surface area contributed by atoms with E-state index >= 15 is 0 Å². The molecular weight excluding hydrogens is 194 g/mol. The van der Waals surface area contributed by atoms with E-state index in [1.54, 1.807) is 0 Å². The first kappa shape index (κ1) is 9.53. The van der Waals surface area contributed by atoms with Crippen LogP contribution in [0.1, 0.15) is 9.67 Å². The summed E-state index contributed by atoms with van der Waals surface area (Å²) in [5.74, 6) is -1.26. The molecule has 0 spiro atoms. The lowest BCUT2D eigenvalue weighted by molar-refractivity contribution is -0.119. The van der Waals surface area contributed by atoms with Gasteiger partial charge in [-0.25, -0.2) is 4.79 Å². The van der Waals surface area contributed by atoms with Crippen molar-refractivity contribution in [3.05, 3.63) is 16.3 Å². The highest BCUT2D eigenvalue weighted by atomic mass is 32.1. The number of carboxylic acid groups (broad SMARTS) is 1. The third-order valence-corrected chi connectivity index (χ3v) is 2.06. The molecule has 0 fully saturated rings. The summed E-state index contributed by atoms with van der Waals surface area (Å²) >= 11 is 1.03. The Labute approximate surface area is 77.7 Å². The molecule has 13 heavy (non-hydrogen) atoms. The van der Waals surface area contributed by atoms with Crippen molar-refractivity contribution in [2.75, 3.05) is 6.61 Å². The molecule has 1 heterocycles. The first-order chi connectivity index (χ1) is 6.09. The lowest BCUT2D eigenvalue weighted by Gasteiger charge is -1.97. The summed E-state index contributed by atoms with van der Waals surface area (Å²) in [5, 5.41) is 10.0. The molecule has 0 saturated carbocycles. The Kier molecular flexibility index (Phi) is 2.86. The van der Waals surface area contributed by atoms with Gasteiger partial charge in [-0.05, 0) is 0 Å². The summed E-state index contributed by atoms with van der Waals surface area (Å²) < 4.78 is 4.87. The molecule has 6 heteroatoms. The predicted octanol–water partition coefficient (Wildman–Crippen LogP) is 0.310. The highest BCUT2D eigenvalue weighted by molar-refractivity contribution is 7.12. The molecule has 0 aliphatic rings. The second kappa shape index (κ2) is 3.90. The molecule has 1 aromatic heterocycles. The molecular formula is C7H7NO4S. The summed E-state index contributed by atoms with van der Waals surface area (Å²) in [4.78, 5) is 20.9. The zero-order chi connectivity index (χ0) is 9.84. The number of hydrogen-bond acceptors (Lipinski definition) is 4. The van der Waals surface area contributed by atoms with Gasteiger partial charge in [-0.1, -0.05) is 0 Å². The van der Waals surface area contributed by atoms with Gasteiger partial charge in [-0.2, -0.15) is 0 Å². The Hall–Kier alpha value is -1.56. The van der Waals surface area contributed by atoms with Gasteiger partial charge in [0.05, 0.1) is 0 Å². The topological polar surface area (TPSA) is 89.6 Å². The standard InChI is InChI=1S/C7H7NO4S/c8-6(9)2-12-4-1-5(7(10)11)13-3-4/h1,3H,2H2,(H2,8,9)(H,10,11). The van der Waals surface area contributed by atoms with E-state index in [1.807, 2.05) is 0 Å². The normalized spacial score (nSPS) is 9.54. The van der Waals surface area contributed by atoms with Gasteiger partial charge in [0, 0.05) is 11.4 Å². The summed E-state index contributed by atoms with van der Waals surface area (Å²) in [5.41, 5.74) is 4.83. The Morgan fingerprint density at radius 1 is 1.62 bits per heavy atom. The maximum Gasteiger partial charge on any atom is 0.346 e. The number of carbonyl (C=O) groups is 2. The Morgan fingerprint density at radius 3 is 2.77 bits per heavy atom. The highest BCUT2D eigenvalue weighted by Gasteiger charge is 2.07. The van der Waals surface area contributed by atoms with Crippen molar-refractivity contribution in [1.82, 2.24) is 0 Å². The van der Waals surface area contributed by atoms with Crippen molar-refractivity contribution in [2.45, 2.75) is 0 Å². The molecule has 0 saturated heterocycles. The first-order valence-electron chi connectivity index (χ1n) is 3.32. The lowest BCUT2D eigenvalue weighted by Crippen LogP contribution is -2.19. The summed E-state index contributed by atoms with van der Waals surface area (Å²) in [7, 11) is 0. The first-order valence-corrected chi connectivity index (χ1v) is 4.20. The predicted molar refractivity (Wildman–Crippen MR) is 46.0 cm³/mol. The van der Waals surface area contributed by atoms with Crippen LogP contribution in [0.2, 0.25) is 0 Å². The van der Waals surface area contributed by atoms with Crippen LogP contribution in [0.15, 0.2) is 11.4 Å². The van der Waals surface area contributed by atoms with Crippen molar-refractivity contribution >= 4 is 23.2 Å². The molecule has 0 atom stereocenters. The average molecular weight is 201 g/mol. The molecule has 3 N–H and O–H groups in total. The van der Waals surface area contributed by atoms with Gasteiger partial charge >= 0.3 is 5.97 Å². The summed E-state index contributed by atoms with van der Waals surface area (Å²) in [6.45, 7) is -0.240. The summed E-state index contributed by atoms with van der Waals surface area (Å²) in [6, 6.07) is 1.34. The highest BCUT2D eigenvalue weighted by Crippen LogP contribution is 2.21. The maximum absolute atomic E-state index is 10.4. The van der Waals surface area contributed by atoms with E-state index in [9.17, 15) is 9.59 Å². The van der Waals surface area contributed by atoms with Crippen LogP contribution >= 0.6 is 11.3 Å². The van der Waals surface area contributed by atoms with Gasteiger partial charge in [-0.3, -0.25) is 4.79 Å². The third-order valence-electron chi connectivity index (χ3n) is 1.17. The van der Waals surface area contributed by atoms with Gasteiger partial charge in [0.2, 0.25) is 0 Å². The van der Waals surface area contributed by atoms with Crippen LogP contribution in [0.5, 0.6) is 5.75 Å². The van der Waals surface area contributed by atoms with Crippen LogP contribution in [0.3, 0.4) is 0 Å². The Morgan fingerprint density at radius 2 is 2.31 bits per heavy atom. The van der Waals surface area contributed by atoms with Gasteiger partial charge < -0.3 is 15.6 Å². The van der Waals surface area contributed by atoms with Crippen molar-refractivity contribution in [3.8, 4) is 5.75 Å². The molecule has 70 valence electrons. The average Bonchev–Trinajstić information content (AvgIpc) is 2.48. The quantitative estimate of drug-likeness (QED) is 0.733. The van der Waals surface area contributed by atoms with Crippen LogP contribution in [0, 0.1) is 0 Å². The second-order valence-corrected chi connectivity index (χ2v) is 3.12. The monoisotopic (exact) mass is 201 g/mol. The van der Waals surface area contributed by atoms with Crippen molar-refractivity contribution in [3.63, 3.8) is 0 Å². The number of amides is 1. The molecule has 0 unspecified atom stereocenters.